The Morgan fingerprint density at radius 3 is 2.93 bits per heavy atom. The third kappa shape index (κ3) is 3.27. The Bertz CT molecular complexity index is 185. The molecule has 1 aliphatic carbocycles. The van der Waals surface area contributed by atoms with Gasteiger partial charge in [-0.25, -0.2) is 0 Å². The van der Waals surface area contributed by atoms with Crippen LogP contribution in [-0.4, -0.2) is 36.8 Å². The molecule has 2 unspecified atom stereocenters. The van der Waals surface area contributed by atoms with E-state index in [2.05, 4.69) is 10.6 Å². The second kappa shape index (κ2) is 5.98. The summed E-state index contributed by atoms with van der Waals surface area (Å²) in [4.78, 5) is 11.2. The van der Waals surface area contributed by atoms with Crippen LogP contribution in [0.15, 0.2) is 0 Å². The van der Waals surface area contributed by atoms with Crippen molar-refractivity contribution in [3.05, 3.63) is 0 Å². The highest BCUT2D eigenvalue weighted by Crippen LogP contribution is 2.24. The minimum Gasteiger partial charge on any atom is -0.396 e. The topological polar surface area (TPSA) is 61.4 Å². The van der Waals surface area contributed by atoms with E-state index < -0.39 is 0 Å². The Hall–Kier alpha value is -0.610. The molecule has 0 radical (unpaired) electrons. The molecule has 1 amide bonds. The summed E-state index contributed by atoms with van der Waals surface area (Å²) in [7, 11) is 0. The van der Waals surface area contributed by atoms with E-state index in [-0.39, 0.29) is 12.5 Å². The highest BCUT2D eigenvalue weighted by molar-refractivity contribution is 5.77. The maximum atomic E-state index is 11.2. The smallest absolute Gasteiger partial charge is 0.233 e. The van der Waals surface area contributed by atoms with Crippen molar-refractivity contribution < 1.29 is 9.90 Å². The summed E-state index contributed by atoms with van der Waals surface area (Å²) in [5, 5.41) is 15.0. The first-order valence-corrected chi connectivity index (χ1v) is 5.38. The molecule has 4 nitrogen and oxygen atoms in total. The molecule has 0 aliphatic heterocycles. The van der Waals surface area contributed by atoms with Gasteiger partial charge in [0.25, 0.3) is 0 Å². The van der Waals surface area contributed by atoms with Crippen molar-refractivity contribution in [3.63, 3.8) is 0 Å². The molecule has 0 aromatic carbocycles. The molecule has 1 aliphatic rings. The lowest BCUT2D eigenvalue weighted by Gasteiger charge is -2.18. The first kappa shape index (κ1) is 11.5. The van der Waals surface area contributed by atoms with Crippen LogP contribution < -0.4 is 10.6 Å². The average Bonchev–Trinajstić information content (AvgIpc) is 2.62. The molecule has 2 atom stereocenters. The van der Waals surface area contributed by atoms with Gasteiger partial charge in [-0.3, -0.25) is 4.79 Å². The maximum Gasteiger partial charge on any atom is 0.233 e. The summed E-state index contributed by atoms with van der Waals surface area (Å²) >= 11 is 0. The number of carbonyl (C=O) groups excluding carboxylic acids is 1. The molecule has 1 fully saturated rings. The van der Waals surface area contributed by atoms with Gasteiger partial charge in [0.15, 0.2) is 0 Å². The van der Waals surface area contributed by atoms with Gasteiger partial charge in [0.1, 0.15) is 0 Å². The van der Waals surface area contributed by atoms with Crippen LogP contribution in [0.4, 0.5) is 0 Å². The summed E-state index contributed by atoms with van der Waals surface area (Å²) in [5.41, 5.74) is 0. The minimum absolute atomic E-state index is 0.0380. The molecule has 0 heterocycles. The number of rotatable bonds is 5. The summed E-state index contributed by atoms with van der Waals surface area (Å²) in [6, 6.07) is 0.322. The van der Waals surface area contributed by atoms with E-state index in [0.717, 1.165) is 19.3 Å². The fourth-order valence-electron chi connectivity index (χ4n) is 2.01. The van der Waals surface area contributed by atoms with Gasteiger partial charge >= 0.3 is 0 Å². The van der Waals surface area contributed by atoms with Crippen LogP contribution in [0.3, 0.4) is 0 Å². The Balaban J connectivity index is 2.20. The van der Waals surface area contributed by atoms with E-state index in [4.69, 9.17) is 5.11 Å². The van der Waals surface area contributed by atoms with Crippen molar-refractivity contribution in [2.24, 2.45) is 5.92 Å². The van der Waals surface area contributed by atoms with Crippen LogP contribution in [0.2, 0.25) is 0 Å². The third-order valence-corrected chi connectivity index (χ3v) is 2.79. The number of likely N-dealkylation sites (N-methyl/N-ethyl adjacent to an activating group) is 1. The lowest BCUT2D eigenvalue weighted by molar-refractivity contribution is -0.120. The lowest BCUT2D eigenvalue weighted by atomic mass is 10.1. The number of aliphatic hydroxyl groups excluding tert-OH is 1. The molecular weight excluding hydrogens is 180 g/mol. The number of aliphatic hydroxyl groups is 1. The van der Waals surface area contributed by atoms with Crippen LogP contribution in [-0.2, 0) is 4.79 Å². The van der Waals surface area contributed by atoms with Crippen molar-refractivity contribution >= 4 is 5.91 Å². The van der Waals surface area contributed by atoms with Crippen LogP contribution >= 0.6 is 0 Å². The van der Waals surface area contributed by atoms with E-state index in [0.29, 0.717) is 25.0 Å². The van der Waals surface area contributed by atoms with Gasteiger partial charge < -0.3 is 15.7 Å². The van der Waals surface area contributed by atoms with E-state index in [1.54, 1.807) is 0 Å². The van der Waals surface area contributed by atoms with E-state index >= 15 is 0 Å². The molecule has 1 rings (SSSR count). The fraction of sp³-hybridized carbons (Fsp3) is 0.900. The Labute approximate surface area is 85.1 Å². The lowest BCUT2D eigenvalue weighted by Crippen LogP contribution is -2.41. The number of carbonyl (C=O) groups is 1. The zero-order chi connectivity index (χ0) is 10.4. The molecule has 14 heavy (non-hydrogen) atoms. The largest absolute Gasteiger partial charge is 0.396 e. The molecular formula is C10H20N2O2. The molecule has 0 bridgehead atoms. The minimum atomic E-state index is 0.0380. The van der Waals surface area contributed by atoms with Crippen molar-refractivity contribution in [2.45, 2.75) is 32.2 Å². The molecule has 0 saturated heterocycles. The van der Waals surface area contributed by atoms with Crippen LogP contribution in [0.5, 0.6) is 0 Å². The standard InChI is InChI=1S/C10H20N2O2/c1-2-11-10(14)6-12-9-5-3-4-8(9)7-13/h8-9,12-13H,2-7H2,1H3,(H,11,14). The van der Waals surface area contributed by atoms with Gasteiger partial charge in [-0.15, -0.1) is 0 Å². The quantitative estimate of drug-likeness (QED) is 0.579. The van der Waals surface area contributed by atoms with Gasteiger partial charge in [-0.05, 0) is 25.7 Å². The molecule has 4 heteroatoms. The van der Waals surface area contributed by atoms with Crippen molar-refractivity contribution in [2.75, 3.05) is 19.7 Å². The summed E-state index contributed by atoms with van der Waals surface area (Å²) in [6.07, 6.45) is 3.30. The van der Waals surface area contributed by atoms with Gasteiger partial charge in [0.05, 0.1) is 6.54 Å². The second-order valence-corrected chi connectivity index (χ2v) is 3.81. The van der Waals surface area contributed by atoms with Gasteiger partial charge in [0.2, 0.25) is 5.91 Å². The number of nitrogens with one attached hydrogen (secondary N) is 2. The Morgan fingerprint density at radius 1 is 1.50 bits per heavy atom. The SMILES string of the molecule is CCNC(=O)CNC1CCCC1CO. The predicted molar refractivity (Wildman–Crippen MR) is 54.9 cm³/mol. The first-order chi connectivity index (χ1) is 6.77. The zero-order valence-electron chi connectivity index (χ0n) is 8.75. The highest BCUT2D eigenvalue weighted by atomic mass is 16.3. The molecule has 1 saturated carbocycles. The number of hydrogen-bond acceptors (Lipinski definition) is 3. The van der Waals surface area contributed by atoms with Crippen molar-refractivity contribution in [1.29, 1.82) is 0 Å². The molecule has 82 valence electrons. The molecule has 0 aromatic rings. The maximum absolute atomic E-state index is 11.2. The second-order valence-electron chi connectivity index (χ2n) is 3.81. The average molecular weight is 200 g/mol. The van der Waals surface area contributed by atoms with Crippen LogP contribution in [0.25, 0.3) is 0 Å². The van der Waals surface area contributed by atoms with E-state index in [1.165, 1.54) is 0 Å². The Morgan fingerprint density at radius 2 is 2.29 bits per heavy atom. The van der Waals surface area contributed by atoms with Gasteiger partial charge in [-0.1, -0.05) is 6.42 Å². The Kier molecular flexibility index (Phi) is 4.90. The van der Waals surface area contributed by atoms with Gasteiger partial charge in [-0.2, -0.15) is 0 Å². The van der Waals surface area contributed by atoms with Crippen molar-refractivity contribution in [1.82, 2.24) is 10.6 Å². The van der Waals surface area contributed by atoms with Crippen molar-refractivity contribution in [3.8, 4) is 0 Å². The zero-order valence-corrected chi connectivity index (χ0v) is 8.75. The van der Waals surface area contributed by atoms with Gasteiger partial charge in [0, 0.05) is 19.2 Å². The first-order valence-electron chi connectivity index (χ1n) is 5.38. The molecule has 0 spiro atoms. The number of hydrogen-bond donors (Lipinski definition) is 3. The third-order valence-electron chi connectivity index (χ3n) is 2.79. The number of amides is 1. The summed E-state index contributed by atoms with van der Waals surface area (Å²) in [5.74, 6) is 0.375. The van der Waals surface area contributed by atoms with E-state index in [9.17, 15) is 4.79 Å². The van der Waals surface area contributed by atoms with E-state index in [1.807, 2.05) is 6.92 Å². The normalized spacial score (nSPS) is 26.4. The summed E-state index contributed by atoms with van der Waals surface area (Å²) in [6.45, 7) is 3.18. The molecule has 3 N–H and O–H groups in total. The predicted octanol–water partition coefficient (Wildman–Crippen LogP) is -0.127. The fourth-order valence-corrected chi connectivity index (χ4v) is 2.01. The highest BCUT2D eigenvalue weighted by Gasteiger charge is 2.26. The van der Waals surface area contributed by atoms with Crippen LogP contribution in [0, 0.1) is 5.92 Å². The molecule has 0 aromatic heterocycles. The monoisotopic (exact) mass is 200 g/mol. The van der Waals surface area contributed by atoms with Crippen LogP contribution in [0.1, 0.15) is 26.2 Å². The summed E-state index contributed by atoms with van der Waals surface area (Å²) < 4.78 is 0.